The van der Waals surface area contributed by atoms with Crippen molar-refractivity contribution in [2.24, 2.45) is 22.9 Å². The summed E-state index contributed by atoms with van der Waals surface area (Å²) in [6.07, 6.45) is -21.3. The molecule has 3 aliphatic heterocycles. The maximum absolute atomic E-state index is 11.9. The van der Waals surface area contributed by atoms with Crippen LogP contribution in [0.25, 0.3) is 0 Å². The molecule has 262 valence electrons. The molecular formula is C25H47N5O15. The number of carbonyl (C=O) groups excluding carboxylic acids is 1. The first kappa shape index (κ1) is 36.6. The van der Waals surface area contributed by atoms with Gasteiger partial charge in [0.15, 0.2) is 18.9 Å². The Hall–Kier alpha value is -1.25. The van der Waals surface area contributed by atoms with E-state index in [1.54, 1.807) is 0 Å². The van der Waals surface area contributed by atoms with Crippen LogP contribution in [0.1, 0.15) is 13.3 Å². The molecule has 0 radical (unpaired) electrons. The molecule has 20 heteroatoms. The van der Waals surface area contributed by atoms with Crippen LogP contribution >= 0.6 is 0 Å². The first-order valence-electron chi connectivity index (χ1n) is 14.7. The lowest BCUT2D eigenvalue weighted by Crippen LogP contribution is -2.68. The van der Waals surface area contributed by atoms with Crippen LogP contribution in [0.3, 0.4) is 0 Å². The Balaban J connectivity index is 1.55. The highest BCUT2D eigenvalue weighted by Gasteiger charge is 2.54. The molecule has 0 aromatic rings. The largest absolute Gasteiger partial charge is 0.394 e. The Kier molecular flexibility index (Phi) is 12.5. The molecule has 0 aromatic carbocycles. The summed E-state index contributed by atoms with van der Waals surface area (Å²) in [6.45, 7) is -0.335. The van der Waals surface area contributed by atoms with Crippen molar-refractivity contribution in [3.63, 3.8) is 0 Å². The van der Waals surface area contributed by atoms with Gasteiger partial charge in [-0.15, -0.1) is 0 Å². The molecule has 4 fully saturated rings. The van der Waals surface area contributed by atoms with E-state index in [0.29, 0.717) is 0 Å². The number of nitrogens with two attached hydrogens (primary N) is 4. The van der Waals surface area contributed by atoms with Gasteiger partial charge in [-0.05, 0) is 6.42 Å². The van der Waals surface area contributed by atoms with Crippen molar-refractivity contribution in [2.45, 2.75) is 130 Å². The molecule has 19 unspecified atom stereocenters. The number of carbonyl (C=O) groups is 1. The maximum Gasteiger partial charge on any atom is 0.217 e. The van der Waals surface area contributed by atoms with E-state index in [1.807, 2.05) is 0 Å². The average Bonchev–Trinajstić information content (AvgIpc) is 3.30. The zero-order chi connectivity index (χ0) is 33.3. The molecule has 3 heterocycles. The van der Waals surface area contributed by atoms with Crippen molar-refractivity contribution < 1.29 is 74.1 Å². The molecule has 0 bridgehead atoms. The molecule has 1 amide bonds. The van der Waals surface area contributed by atoms with E-state index in [-0.39, 0.29) is 13.0 Å². The fourth-order valence-corrected chi connectivity index (χ4v) is 6.07. The lowest BCUT2D eigenvalue weighted by Gasteiger charge is -2.47. The monoisotopic (exact) mass is 657 g/mol. The summed E-state index contributed by atoms with van der Waals surface area (Å²) in [5, 5.41) is 85.7. The Morgan fingerprint density at radius 1 is 0.689 bits per heavy atom. The third kappa shape index (κ3) is 7.58. The van der Waals surface area contributed by atoms with Crippen molar-refractivity contribution in [2.75, 3.05) is 19.8 Å². The van der Waals surface area contributed by atoms with Crippen LogP contribution in [0.5, 0.6) is 0 Å². The lowest BCUT2D eigenvalue weighted by molar-refractivity contribution is -0.311. The van der Waals surface area contributed by atoms with Crippen LogP contribution in [0.2, 0.25) is 0 Å². The van der Waals surface area contributed by atoms with Crippen molar-refractivity contribution in [3.05, 3.63) is 0 Å². The molecule has 0 spiro atoms. The van der Waals surface area contributed by atoms with Crippen molar-refractivity contribution in [3.8, 4) is 0 Å². The van der Waals surface area contributed by atoms with E-state index in [1.165, 1.54) is 6.92 Å². The van der Waals surface area contributed by atoms with Crippen LogP contribution in [-0.4, -0.2) is 183 Å². The summed E-state index contributed by atoms with van der Waals surface area (Å²) >= 11 is 0. The molecule has 45 heavy (non-hydrogen) atoms. The molecule has 3 saturated heterocycles. The van der Waals surface area contributed by atoms with E-state index < -0.39 is 135 Å². The summed E-state index contributed by atoms with van der Waals surface area (Å²) in [5.41, 5.74) is 24.0. The third-order valence-corrected chi connectivity index (χ3v) is 8.66. The predicted molar refractivity (Wildman–Crippen MR) is 146 cm³/mol. The molecule has 19 atom stereocenters. The van der Waals surface area contributed by atoms with Gasteiger partial charge in [-0.25, -0.2) is 0 Å². The smallest absolute Gasteiger partial charge is 0.217 e. The summed E-state index contributed by atoms with van der Waals surface area (Å²) in [4.78, 5) is 11.9. The number of rotatable bonds is 10. The first-order valence-corrected chi connectivity index (χ1v) is 14.7. The fraction of sp³-hybridized carbons (Fsp3) is 0.960. The fourth-order valence-electron chi connectivity index (χ4n) is 6.07. The summed E-state index contributed by atoms with van der Waals surface area (Å²) < 4.78 is 34.6. The first-order chi connectivity index (χ1) is 21.2. The zero-order valence-corrected chi connectivity index (χ0v) is 24.5. The quantitative estimate of drug-likeness (QED) is 0.104. The number of nitrogens with one attached hydrogen (secondary N) is 1. The second-order valence-corrected chi connectivity index (χ2v) is 11.8. The van der Waals surface area contributed by atoms with Gasteiger partial charge in [0, 0.05) is 19.5 Å². The minimum Gasteiger partial charge on any atom is -0.394 e. The highest BCUT2D eigenvalue weighted by Crippen LogP contribution is 2.34. The molecular weight excluding hydrogens is 610 g/mol. The molecule has 1 aliphatic carbocycles. The van der Waals surface area contributed by atoms with Crippen LogP contribution < -0.4 is 28.3 Å². The molecule has 0 aromatic heterocycles. The van der Waals surface area contributed by atoms with Gasteiger partial charge >= 0.3 is 0 Å². The zero-order valence-electron chi connectivity index (χ0n) is 24.5. The van der Waals surface area contributed by atoms with E-state index >= 15 is 0 Å². The van der Waals surface area contributed by atoms with Gasteiger partial charge in [0.25, 0.3) is 0 Å². The molecule has 17 N–H and O–H groups in total. The molecule has 4 rings (SSSR count). The van der Waals surface area contributed by atoms with E-state index in [0.717, 1.165) is 0 Å². The minimum atomic E-state index is -1.67. The highest BCUT2D eigenvalue weighted by atomic mass is 16.8. The standard InChI is InChI=1S/C25H47N5O15/c1-6(33)30-8-2-7(27)20(43-24-13(29)18(38)16(36)10(4-31)41-24)22(14(8)34)45-25-19(39)21(11(5-32)42-25)44-23-12(28)17(37)15(35)9(3-26)40-23/h7-25,31-32,34-39H,2-5,26-29H2,1H3,(H,30,33). The number of aliphatic hydroxyl groups is 8. The maximum atomic E-state index is 11.9. The molecule has 1 saturated carbocycles. The average molecular weight is 658 g/mol. The third-order valence-electron chi connectivity index (χ3n) is 8.66. The van der Waals surface area contributed by atoms with Crippen molar-refractivity contribution in [1.82, 2.24) is 5.32 Å². The van der Waals surface area contributed by atoms with Crippen molar-refractivity contribution in [1.29, 1.82) is 0 Å². The Morgan fingerprint density at radius 2 is 1.18 bits per heavy atom. The van der Waals surface area contributed by atoms with E-state index in [4.69, 9.17) is 51.4 Å². The van der Waals surface area contributed by atoms with Crippen LogP contribution in [0.4, 0.5) is 0 Å². The predicted octanol–water partition coefficient (Wildman–Crippen LogP) is -8.68. The van der Waals surface area contributed by atoms with Crippen LogP contribution in [0, 0.1) is 0 Å². The number of hydrogen-bond acceptors (Lipinski definition) is 19. The molecule has 4 aliphatic rings. The van der Waals surface area contributed by atoms with Gasteiger partial charge in [0.05, 0.1) is 31.3 Å². The number of hydrogen-bond donors (Lipinski definition) is 13. The Bertz CT molecular complexity index is 972. The second kappa shape index (κ2) is 15.3. The molecule has 20 nitrogen and oxygen atoms in total. The van der Waals surface area contributed by atoms with Crippen LogP contribution in [-0.2, 0) is 33.2 Å². The van der Waals surface area contributed by atoms with Crippen molar-refractivity contribution >= 4 is 5.91 Å². The minimum absolute atomic E-state index is 0.0195. The summed E-state index contributed by atoms with van der Waals surface area (Å²) in [5.74, 6) is -0.484. The van der Waals surface area contributed by atoms with E-state index in [2.05, 4.69) is 5.32 Å². The lowest BCUT2D eigenvalue weighted by atomic mass is 9.83. The SMILES string of the molecule is CC(=O)NC1CC(N)C(OC2OC(CO)C(O)C(O)C2N)C(OC2OC(CO)C(OC3OC(CN)C(O)C(O)C3N)C2O)C1O. The second-order valence-electron chi connectivity index (χ2n) is 11.8. The van der Waals surface area contributed by atoms with Gasteiger partial charge in [0.1, 0.15) is 73.2 Å². The normalized spacial score (nSPS) is 50.8. The van der Waals surface area contributed by atoms with Gasteiger partial charge in [-0.1, -0.05) is 0 Å². The van der Waals surface area contributed by atoms with Gasteiger partial charge in [-0.3, -0.25) is 4.79 Å². The Morgan fingerprint density at radius 3 is 1.71 bits per heavy atom. The topological polar surface area (TPSA) is 350 Å². The van der Waals surface area contributed by atoms with Gasteiger partial charge in [-0.2, -0.15) is 0 Å². The van der Waals surface area contributed by atoms with Gasteiger partial charge < -0.3 is 97.5 Å². The number of ether oxygens (including phenoxy) is 6. The summed E-state index contributed by atoms with van der Waals surface area (Å²) in [7, 11) is 0. The highest BCUT2D eigenvalue weighted by molar-refractivity contribution is 5.73. The number of aliphatic hydroxyl groups excluding tert-OH is 8. The summed E-state index contributed by atoms with van der Waals surface area (Å²) in [6, 6.07) is -4.52. The van der Waals surface area contributed by atoms with Gasteiger partial charge in [0.2, 0.25) is 5.91 Å². The van der Waals surface area contributed by atoms with Crippen LogP contribution in [0.15, 0.2) is 0 Å². The number of amides is 1. The Labute approximate surface area is 258 Å². The van der Waals surface area contributed by atoms with E-state index in [9.17, 15) is 45.6 Å².